The van der Waals surface area contributed by atoms with Gasteiger partial charge in [-0.25, -0.2) is 8.78 Å². The molecule has 1 fully saturated rings. The Labute approximate surface area is 162 Å². The van der Waals surface area contributed by atoms with Crippen molar-refractivity contribution in [2.45, 2.75) is 32.1 Å². The van der Waals surface area contributed by atoms with Gasteiger partial charge in [0.2, 0.25) is 0 Å². The number of aromatic nitrogens is 1. The van der Waals surface area contributed by atoms with E-state index < -0.39 is 11.6 Å². The second-order valence-corrected chi connectivity index (χ2v) is 6.94. The van der Waals surface area contributed by atoms with E-state index >= 15 is 0 Å². The molecule has 28 heavy (non-hydrogen) atoms. The highest BCUT2D eigenvalue weighted by Gasteiger charge is 2.14. The summed E-state index contributed by atoms with van der Waals surface area (Å²) in [5, 5.41) is 3.68. The molecule has 1 aliphatic heterocycles. The third kappa shape index (κ3) is 4.46. The van der Waals surface area contributed by atoms with Gasteiger partial charge in [-0.2, -0.15) is 0 Å². The SMILES string of the molecule is Fc1cc(F)c2nccc(NCc3ccc(COC4CCOCC4)cc3)c2c1. The van der Waals surface area contributed by atoms with Gasteiger partial charge in [0.05, 0.1) is 12.7 Å². The van der Waals surface area contributed by atoms with Crippen LogP contribution in [0.3, 0.4) is 0 Å². The van der Waals surface area contributed by atoms with E-state index in [9.17, 15) is 8.78 Å². The Morgan fingerprint density at radius 3 is 2.57 bits per heavy atom. The van der Waals surface area contributed by atoms with E-state index in [4.69, 9.17) is 9.47 Å². The van der Waals surface area contributed by atoms with Crippen molar-refractivity contribution < 1.29 is 18.3 Å². The number of pyridine rings is 1. The maximum Gasteiger partial charge on any atom is 0.152 e. The number of anilines is 1. The normalized spacial score (nSPS) is 15.1. The monoisotopic (exact) mass is 384 g/mol. The van der Waals surface area contributed by atoms with Gasteiger partial charge in [0.1, 0.15) is 11.3 Å². The van der Waals surface area contributed by atoms with Crippen molar-refractivity contribution in [3.63, 3.8) is 0 Å². The number of benzene rings is 2. The molecule has 2 aromatic carbocycles. The first-order chi connectivity index (χ1) is 13.7. The Morgan fingerprint density at radius 1 is 1.04 bits per heavy atom. The Kier molecular flexibility index (Phi) is 5.78. The van der Waals surface area contributed by atoms with Crippen molar-refractivity contribution in [1.29, 1.82) is 0 Å². The number of fused-ring (bicyclic) bond motifs is 1. The quantitative estimate of drug-likeness (QED) is 0.662. The fourth-order valence-corrected chi connectivity index (χ4v) is 3.34. The van der Waals surface area contributed by atoms with Crippen LogP contribution in [0.1, 0.15) is 24.0 Å². The molecule has 0 spiro atoms. The molecule has 146 valence electrons. The highest BCUT2D eigenvalue weighted by molar-refractivity contribution is 5.91. The van der Waals surface area contributed by atoms with E-state index in [-0.39, 0.29) is 11.6 Å². The Hall–Kier alpha value is -2.57. The molecule has 3 aromatic rings. The maximum atomic E-state index is 13.9. The number of nitrogens with one attached hydrogen (secondary N) is 1. The van der Waals surface area contributed by atoms with E-state index in [2.05, 4.69) is 10.3 Å². The molecule has 0 aliphatic carbocycles. The molecular formula is C22H22F2N2O2. The summed E-state index contributed by atoms with van der Waals surface area (Å²) < 4.78 is 38.7. The maximum absolute atomic E-state index is 13.9. The van der Waals surface area contributed by atoms with Gasteiger partial charge < -0.3 is 14.8 Å². The van der Waals surface area contributed by atoms with Gasteiger partial charge in [0, 0.05) is 43.1 Å². The minimum Gasteiger partial charge on any atom is -0.381 e. The minimum atomic E-state index is -0.660. The molecule has 4 rings (SSSR count). The Morgan fingerprint density at radius 2 is 1.79 bits per heavy atom. The van der Waals surface area contributed by atoms with Gasteiger partial charge in [-0.15, -0.1) is 0 Å². The van der Waals surface area contributed by atoms with Crippen molar-refractivity contribution in [2.75, 3.05) is 18.5 Å². The predicted octanol–water partition coefficient (Wildman–Crippen LogP) is 4.82. The fourth-order valence-electron chi connectivity index (χ4n) is 3.34. The number of nitrogens with zero attached hydrogens (tertiary/aromatic N) is 1. The van der Waals surface area contributed by atoms with Crippen LogP contribution in [-0.4, -0.2) is 24.3 Å². The van der Waals surface area contributed by atoms with E-state index in [1.807, 2.05) is 24.3 Å². The average molecular weight is 384 g/mol. The Bertz CT molecular complexity index is 941. The molecule has 1 N–H and O–H groups in total. The number of rotatable bonds is 6. The van der Waals surface area contributed by atoms with Crippen LogP contribution >= 0.6 is 0 Å². The summed E-state index contributed by atoms with van der Waals surface area (Å²) in [5.74, 6) is -1.28. The lowest BCUT2D eigenvalue weighted by atomic mass is 10.1. The van der Waals surface area contributed by atoms with Gasteiger partial charge in [0.25, 0.3) is 0 Å². The zero-order chi connectivity index (χ0) is 19.3. The van der Waals surface area contributed by atoms with Crippen LogP contribution in [0, 0.1) is 11.6 Å². The van der Waals surface area contributed by atoms with Gasteiger partial charge in [-0.1, -0.05) is 24.3 Å². The van der Waals surface area contributed by atoms with E-state index in [1.165, 1.54) is 12.3 Å². The van der Waals surface area contributed by atoms with Crippen LogP contribution in [0.25, 0.3) is 10.9 Å². The molecule has 0 saturated carbocycles. The summed E-state index contributed by atoms with van der Waals surface area (Å²) >= 11 is 0. The van der Waals surface area contributed by atoms with Crippen molar-refractivity contribution in [3.8, 4) is 0 Å². The van der Waals surface area contributed by atoms with Gasteiger partial charge >= 0.3 is 0 Å². The fraction of sp³-hybridized carbons (Fsp3) is 0.318. The zero-order valence-corrected chi connectivity index (χ0v) is 15.5. The summed E-state index contributed by atoms with van der Waals surface area (Å²) in [6.07, 6.45) is 3.69. The molecule has 4 nitrogen and oxygen atoms in total. The van der Waals surface area contributed by atoms with Crippen LogP contribution < -0.4 is 5.32 Å². The van der Waals surface area contributed by atoms with Crippen molar-refractivity contribution >= 4 is 16.6 Å². The van der Waals surface area contributed by atoms with E-state index in [0.29, 0.717) is 24.2 Å². The van der Waals surface area contributed by atoms with Crippen LogP contribution in [0.2, 0.25) is 0 Å². The molecule has 2 heterocycles. The summed E-state index contributed by atoms with van der Waals surface area (Å²) in [7, 11) is 0. The van der Waals surface area contributed by atoms with Crippen LogP contribution in [-0.2, 0) is 22.6 Å². The standard InChI is InChI=1S/C22H22F2N2O2/c23-17-11-19-21(5-8-25-22(19)20(24)12-17)26-13-15-1-3-16(4-2-15)14-28-18-6-9-27-10-7-18/h1-5,8,11-12,18H,6-7,9-10,13-14H2,(H,25,26). The molecular weight excluding hydrogens is 362 g/mol. The van der Waals surface area contributed by atoms with Crippen molar-refractivity contribution in [1.82, 2.24) is 4.98 Å². The summed E-state index contributed by atoms with van der Waals surface area (Å²) in [6, 6.07) is 12.0. The first-order valence-electron chi connectivity index (χ1n) is 9.44. The van der Waals surface area contributed by atoms with Crippen LogP contribution in [0.15, 0.2) is 48.7 Å². The van der Waals surface area contributed by atoms with Gasteiger partial charge in [0.15, 0.2) is 5.82 Å². The summed E-state index contributed by atoms with van der Waals surface area (Å²) in [6.45, 7) is 2.67. The van der Waals surface area contributed by atoms with Gasteiger partial charge in [-0.3, -0.25) is 4.98 Å². The topological polar surface area (TPSA) is 43.4 Å². The second kappa shape index (κ2) is 8.63. The largest absolute Gasteiger partial charge is 0.381 e. The zero-order valence-electron chi connectivity index (χ0n) is 15.5. The molecule has 1 aliphatic rings. The molecule has 1 saturated heterocycles. The number of hydrogen-bond donors (Lipinski definition) is 1. The minimum absolute atomic E-state index is 0.159. The second-order valence-electron chi connectivity index (χ2n) is 6.94. The Balaban J connectivity index is 1.38. The van der Waals surface area contributed by atoms with Crippen LogP contribution in [0.5, 0.6) is 0 Å². The molecule has 0 unspecified atom stereocenters. The highest BCUT2D eigenvalue weighted by Crippen LogP contribution is 2.25. The number of halogens is 2. The predicted molar refractivity (Wildman–Crippen MR) is 104 cm³/mol. The lowest BCUT2D eigenvalue weighted by Gasteiger charge is -2.22. The highest BCUT2D eigenvalue weighted by atomic mass is 19.1. The average Bonchev–Trinajstić information content (AvgIpc) is 2.72. The molecule has 0 atom stereocenters. The molecule has 0 radical (unpaired) electrons. The first kappa shape index (κ1) is 18.8. The smallest absolute Gasteiger partial charge is 0.152 e. The van der Waals surface area contributed by atoms with Crippen molar-refractivity contribution in [3.05, 3.63) is 71.4 Å². The third-order valence-corrected chi connectivity index (χ3v) is 4.92. The van der Waals surface area contributed by atoms with Crippen molar-refractivity contribution in [2.24, 2.45) is 0 Å². The summed E-state index contributed by atoms with van der Waals surface area (Å²) in [5.41, 5.74) is 2.99. The van der Waals surface area contributed by atoms with Crippen LogP contribution in [0.4, 0.5) is 14.5 Å². The van der Waals surface area contributed by atoms with E-state index in [0.717, 1.165) is 43.2 Å². The number of hydrogen-bond acceptors (Lipinski definition) is 4. The molecule has 6 heteroatoms. The summed E-state index contributed by atoms with van der Waals surface area (Å²) in [4.78, 5) is 4.00. The van der Waals surface area contributed by atoms with Gasteiger partial charge in [-0.05, 0) is 36.1 Å². The molecule has 0 amide bonds. The lowest BCUT2D eigenvalue weighted by molar-refractivity contribution is -0.0390. The number of ether oxygens (including phenoxy) is 2. The lowest BCUT2D eigenvalue weighted by Crippen LogP contribution is -2.23. The molecule has 1 aromatic heterocycles. The first-order valence-corrected chi connectivity index (χ1v) is 9.44. The third-order valence-electron chi connectivity index (χ3n) is 4.92. The molecule has 0 bridgehead atoms. The van der Waals surface area contributed by atoms with E-state index in [1.54, 1.807) is 6.07 Å².